The highest BCUT2D eigenvalue weighted by atomic mass is 16.2. The van der Waals surface area contributed by atoms with Gasteiger partial charge in [0.25, 0.3) is 0 Å². The van der Waals surface area contributed by atoms with E-state index in [2.05, 4.69) is 14.9 Å². The third-order valence-corrected chi connectivity index (χ3v) is 3.00. The second-order valence-corrected chi connectivity index (χ2v) is 4.04. The Morgan fingerprint density at radius 1 is 1.41 bits per heavy atom. The normalized spacial score (nSPS) is 14.1. The van der Waals surface area contributed by atoms with E-state index in [0.717, 1.165) is 23.5 Å². The summed E-state index contributed by atoms with van der Waals surface area (Å²) in [4.78, 5) is 18.1. The number of anilines is 1. The molecule has 1 aromatic heterocycles. The summed E-state index contributed by atoms with van der Waals surface area (Å²) in [6.45, 7) is 4.05. The summed E-state index contributed by atoms with van der Waals surface area (Å²) in [6, 6.07) is 7.89. The second-order valence-electron chi connectivity index (χ2n) is 4.04. The first-order valence-electron chi connectivity index (χ1n) is 5.82. The molecule has 88 valence electrons. The zero-order valence-corrected chi connectivity index (χ0v) is 9.68. The minimum absolute atomic E-state index is 0.0680. The van der Waals surface area contributed by atoms with E-state index in [1.165, 1.54) is 0 Å². The Balaban J connectivity index is 2.05. The van der Waals surface area contributed by atoms with Gasteiger partial charge in [-0.25, -0.2) is 9.78 Å². The number of urea groups is 1. The van der Waals surface area contributed by atoms with Crippen LogP contribution in [-0.2, 0) is 6.54 Å². The first-order chi connectivity index (χ1) is 8.31. The van der Waals surface area contributed by atoms with Gasteiger partial charge in [-0.05, 0) is 19.1 Å². The Labute approximate surface area is 99.0 Å². The lowest BCUT2D eigenvalue weighted by Crippen LogP contribution is -2.39. The third-order valence-electron chi connectivity index (χ3n) is 3.00. The zero-order valence-electron chi connectivity index (χ0n) is 9.68. The average Bonchev–Trinajstić information content (AvgIpc) is 2.87. The topological polar surface area (TPSA) is 50.2 Å². The quantitative estimate of drug-likeness (QED) is 0.808. The molecule has 0 atom stereocenters. The molecule has 0 aliphatic carbocycles. The van der Waals surface area contributed by atoms with Gasteiger partial charge in [0.15, 0.2) is 0 Å². The van der Waals surface area contributed by atoms with Gasteiger partial charge in [-0.3, -0.25) is 4.90 Å². The van der Waals surface area contributed by atoms with Crippen LogP contribution in [-0.4, -0.2) is 28.7 Å². The van der Waals surface area contributed by atoms with E-state index in [1.54, 1.807) is 4.90 Å². The van der Waals surface area contributed by atoms with Crippen molar-refractivity contribution in [3.63, 3.8) is 0 Å². The fraction of sp³-hybridized carbons (Fsp3) is 0.333. The first kappa shape index (κ1) is 10.1. The molecule has 1 aromatic carbocycles. The van der Waals surface area contributed by atoms with Crippen molar-refractivity contribution in [1.82, 2.24) is 14.9 Å². The van der Waals surface area contributed by atoms with Gasteiger partial charge in [-0.2, -0.15) is 0 Å². The van der Waals surface area contributed by atoms with E-state index >= 15 is 0 Å². The third kappa shape index (κ3) is 1.46. The van der Waals surface area contributed by atoms with Crippen molar-refractivity contribution in [3.8, 4) is 0 Å². The fourth-order valence-electron chi connectivity index (χ4n) is 2.23. The number of hydrogen-bond donors (Lipinski definition) is 1. The van der Waals surface area contributed by atoms with Gasteiger partial charge in [-0.1, -0.05) is 12.1 Å². The van der Waals surface area contributed by atoms with E-state index < -0.39 is 0 Å². The molecular weight excluding hydrogens is 216 g/mol. The predicted molar refractivity (Wildman–Crippen MR) is 66.2 cm³/mol. The molecular formula is C12H14N4O. The monoisotopic (exact) mass is 230 g/mol. The van der Waals surface area contributed by atoms with Crippen LogP contribution >= 0.6 is 0 Å². The molecule has 2 amide bonds. The molecule has 0 fully saturated rings. The van der Waals surface area contributed by atoms with Crippen LogP contribution in [0.15, 0.2) is 24.3 Å². The number of nitrogens with zero attached hydrogens (tertiary/aromatic N) is 3. The maximum absolute atomic E-state index is 11.8. The summed E-state index contributed by atoms with van der Waals surface area (Å²) in [6.07, 6.45) is 0. The second kappa shape index (κ2) is 3.76. The molecule has 3 rings (SSSR count). The van der Waals surface area contributed by atoms with Crippen LogP contribution < -0.4 is 10.2 Å². The van der Waals surface area contributed by atoms with Crippen molar-refractivity contribution < 1.29 is 4.79 Å². The Morgan fingerprint density at radius 3 is 3.06 bits per heavy atom. The van der Waals surface area contributed by atoms with Gasteiger partial charge in [-0.15, -0.1) is 0 Å². The predicted octanol–water partition coefficient (Wildman–Crippen LogP) is 1.59. The van der Waals surface area contributed by atoms with Crippen LogP contribution in [0.25, 0.3) is 11.0 Å². The van der Waals surface area contributed by atoms with Crippen molar-refractivity contribution in [3.05, 3.63) is 24.3 Å². The summed E-state index contributed by atoms with van der Waals surface area (Å²) in [5, 5.41) is 2.81. The van der Waals surface area contributed by atoms with E-state index in [1.807, 2.05) is 31.2 Å². The fourth-order valence-corrected chi connectivity index (χ4v) is 2.23. The number of benzene rings is 1. The van der Waals surface area contributed by atoms with Gasteiger partial charge >= 0.3 is 6.03 Å². The van der Waals surface area contributed by atoms with Crippen LogP contribution in [0.3, 0.4) is 0 Å². The van der Waals surface area contributed by atoms with Crippen molar-refractivity contribution in [2.45, 2.75) is 13.5 Å². The number of carbonyl (C=O) groups excluding carboxylic acids is 1. The van der Waals surface area contributed by atoms with E-state index in [9.17, 15) is 4.79 Å². The number of nitrogens with one attached hydrogen (secondary N) is 1. The molecule has 17 heavy (non-hydrogen) atoms. The minimum Gasteiger partial charge on any atom is -0.338 e. The van der Waals surface area contributed by atoms with E-state index in [4.69, 9.17) is 0 Å². The minimum atomic E-state index is -0.0680. The Kier molecular flexibility index (Phi) is 2.24. The molecule has 0 unspecified atom stereocenters. The van der Waals surface area contributed by atoms with Crippen LogP contribution in [0.2, 0.25) is 0 Å². The number of carbonyl (C=O) groups is 1. The smallest absolute Gasteiger partial charge is 0.324 e. The summed E-state index contributed by atoms with van der Waals surface area (Å²) >= 11 is 0. The largest absolute Gasteiger partial charge is 0.338 e. The van der Waals surface area contributed by atoms with Crippen LogP contribution in [0.5, 0.6) is 0 Å². The van der Waals surface area contributed by atoms with Crippen LogP contribution in [0, 0.1) is 0 Å². The maximum Gasteiger partial charge on any atom is 0.324 e. The van der Waals surface area contributed by atoms with Gasteiger partial charge in [0.05, 0.1) is 11.0 Å². The molecule has 0 radical (unpaired) electrons. The van der Waals surface area contributed by atoms with Gasteiger partial charge < -0.3 is 9.88 Å². The van der Waals surface area contributed by atoms with Gasteiger partial charge in [0.2, 0.25) is 5.95 Å². The number of amides is 2. The van der Waals surface area contributed by atoms with Crippen molar-refractivity contribution in [2.24, 2.45) is 0 Å². The number of para-hydroxylation sites is 2. The molecule has 0 saturated carbocycles. The molecule has 2 aromatic rings. The Bertz CT molecular complexity index is 575. The zero-order chi connectivity index (χ0) is 11.8. The average molecular weight is 230 g/mol. The van der Waals surface area contributed by atoms with Crippen LogP contribution in [0.4, 0.5) is 10.7 Å². The number of rotatable bonds is 1. The molecule has 5 nitrogen and oxygen atoms in total. The molecule has 2 heterocycles. The van der Waals surface area contributed by atoms with Crippen LogP contribution in [0.1, 0.15) is 6.92 Å². The highest BCUT2D eigenvalue weighted by Crippen LogP contribution is 2.26. The Morgan fingerprint density at radius 2 is 2.24 bits per heavy atom. The standard InChI is InChI=1S/C12H14N4O/c1-2-13-12(17)16-8-7-15-10-6-4-3-5-9(10)14-11(15)16/h3-6H,2,7-8H2,1H3,(H,13,17). The molecule has 5 heteroatoms. The van der Waals surface area contributed by atoms with Crippen molar-refractivity contribution >= 4 is 23.0 Å². The molecule has 0 saturated heterocycles. The highest BCUT2D eigenvalue weighted by molar-refractivity contribution is 5.93. The molecule has 1 aliphatic rings. The van der Waals surface area contributed by atoms with Crippen molar-refractivity contribution in [1.29, 1.82) is 0 Å². The summed E-state index contributed by atoms with van der Waals surface area (Å²) in [5.74, 6) is 0.747. The summed E-state index contributed by atoms with van der Waals surface area (Å²) < 4.78 is 2.09. The lowest BCUT2D eigenvalue weighted by molar-refractivity contribution is 0.247. The highest BCUT2D eigenvalue weighted by Gasteiger charge is 2.27. The van der Waals surface area contributed by atoms with E-state index in [0.29, 0.717) is 13.1 Å². The molecule has 0 bridgehead atoms. The SMILES string of the molecule is CCNC(=O)N1CCn2c1nc1ccccc12. The van der Waals surface area contributed by atoms with Crippen molar-refractivity contribution in [2.75, 3.05) is 18.0 Å². The lowest BCUT2D eigenvalue weighted by atomic mass is 10.3. The van der Waals surface area contributed by atoms with Gasteiger partial charge in [0, 0.05) is 19.6 Å². The number of fused-ring (bicyclic) bond motifs is 3. The Hall–Kier alpha value is -2.04. The summed E-state index contributed by atoms with van der Waals surface area (Å²) in [5.41, 5.74) is 2.03. The number of imidazole rings is 1. The summed E-state index contributed by atoms with van der Waals surface area (Å²) in [7, 11) is 0. The van der Waals surface area contributed by atoms with Gasteiger partial charge in [0.1, 0.15) is 0 Å². The lowest BCUT2D eigenvalue weighted by Gasteiger charge is -2.13. The molecule has 1 aliphatic heterocycles. The number of aromatic nitrogens is 2. The molecule has 1 N–H and O–H groups in total. The maximum atomic E-state index is 11.8. The first-order valence-corrected chi connectivity index (χ1v) is 5.82. The number of hydrogen-bond acceptors (Lipinski definition) is 2. The van der Waals surface area contributed by atoms with E-state index in [-0.39, 0.29) is 6.03 Å². The molecule has 0 spiro atoms.